The first-order valence-electron chi connectivity index (χ1n) is 8.82. The van der Waals surface area contributed by atoms with Crippen LogP contribution in [0.2, 0.25) is 0 Å². The molecule has 0 bridgehead atoms. The van der Waals surface area contributed by atoms with E-state index < -0.39 is 10.0 Å². The van der Waals surface area contributed by atoms with Crippen LogP contribution in [-0.4, -0.2) is 37.1 Å². The lowest BCUT2D eigenvalue weighted by Gasteiger charge is -2.25. The van der Waals surface area contributed by atoms with Crippen LogP contribution in [0.3, 0.4) is 0 Å². The zero-order chi connectivity index (χ0) is 20.0. The Balaban J connectivity index is 1.77. The first-order valence-corrected chi connectivity index (χ1v) is 11.1. The summed E-state index contributed by atoms with van der Waals surface area (Å²) in [6.07, 6.45) is 0. The Bertz CT molecular complexity index is 947. The second kappa shape index (κ2) is 9.14. The van der Waals surface area contributed by atoms with Crippen molar-refractivity contribution in [1.82, 2.24) is 9.21 Å². The van der Waals surface area contributed by atoms with Crippen LogP contribution < -0.4 is 0 Å². The van der Waals surface area contributed by atoms with E-state index in [0.717, 1.165) is 26.8 Å². The highest BCUT2D eigenvalue weighted by Gasteiger charge is 2.26. The molecule has 28 heavy (non-hydrogen) atoms. The average Bonchev–Trinajstić information content (AvgIpc) is 3.25. The number of likely N-dealkylation sites (N-methyl/N-ethyl adjacent to an activating group) is 1. The number of carbonyl (C=O) groups excluding carboxylic acids is 1. The van der Waals surface area contributed by atoms with Gasteiger partial charge in [0.1, 0.15) is 4.21 Å². The third-order valence-electron chi connectivity index (χ3n) is 4.30. The van der Waals surface area contributed by atoms with Gasteiger partial charge in [-0.2, -0.15) is 4.31 Å². The molecule has 0 saturated carbocycles. The predicted octanol–water partition coefficient (Wildman–Crippen LogP) is 3.60. The number of thiophene rings is 1. The van der Waals surface area contributed by atoms with Crippen molar-refractivity contribution in [3.8, 4) is 0 Å². The monoisotopic (exact) mass is 414 g/mol. The van der Waals surface area contributed by atoms with Crippen molar-refractivity contribution in [3.63, 3.8) is 0 Å². The van der Waals surface area contributed by atoms with Gasteiger partial charge in [-0.05, 0) is 22.6 Å². The largest absolute Gasteiger partial charge is 0.333 e. The van der Waals surface area contributed by atoms with E-state index in [-0.39, 0.29) is 16.7 Å². The lowest BCUT2D eigenvalue weighted by atomic mass is 10.1. The zero-order valence-corrected chi connectivity index (χ0v) is 17.2. The topological polar surface area (TPSA) is 57.7 Å². The van der Waals surface area contributed by atoms with Crippen LogP contribution >= 0.6 is 11.3 Å². The smallest absolute Gasteiger partial charge is 0.252 e. The van der Waals surface area contributed by atoms with Gasteiger partial charge < -0.3 is 4.90 Å². The third kappa shape index (κ3) is 5.07. The van der Waals surface area contributed by atoms with E-state index in [1.807, 2.05) is 60.7 Å². The van der Waals surface area contributed by atoms with E-state index in [9.17, 15) is 13.2 Å². The van der Waals surface area contributed by atoms with Crippen LogP contribution in [-0.2, 0) is 27.9 Å². The Kier molecular flexibility index (Phi) is 6.61. The summed E-state index contributed by atoms with van der Waals surface area (Å²) >= 11 is 1.14. The van der Waals surface area contributed by atoms with Crippen LogP contribution in [0.4, 0.5) is 0 Å². The summed E-state index contributed by atoms with van der Waals surface area (Å²) in [5.74, 6) is -0.240. The summed E-state index contributed by atoms with van der Waals surface area (Å²) in [6, 6.07) is 22.6. The molecule has 0 N–H and O–H groups in total. The minimum atomic E-state index is -3.67. The summed E-state index contributed by atoms with van der Waals surface area (Å²) in [5.41, 5.74) is 1.99. The van der Waals surface area contributed by atoms with Gasteiger partial charge in [0.05, 0.1) is 6.54 Å². The van der Waals surface area contributed by atoms with Gasteiger partial charge in [0, 0.05) is 20.1 Å². The van der Waals surface area contributed by atoms with E-state index in [4.69, 9.17) is 0 Å². The van der Waals surface area contributed by atoms with Gasteiger partial charge >= 0.3 is 0 Å². The Morgan fingerprint density at radius 1 is 0.857 bits per heavy atom. The lowest BCUT2D eigenvalue weighted by Crippen LogP contribution is -2.40. The summed E-state index contributed by atoms with van der Waals surface area (Å²) in [5, 5.41) is 1.71. The molecule has 0 aliphatic carbocycles. The number of nitrogens with zero attached hydrogens (tertiary/aromatic N) is 2. The fraction of sp³-hybridized carbons (Fsp3) is 0.190. The van der Waals surface area contributed by atoms with Crippen molar-refractivity contribution in [2.24, 2.45) is 0 Å². The Morgan fingerprint density at radius 2 is 1.39 bits per heavy atom. The number of sulfonamides is 1. The molecule has 5 nitrogen and oxygen atoms in total. The van der Waals surface area contributed by atoms with Crippen molar-refractivity contribution in [3.05, 3.63) is 89.3 Å². The molecule has 0 saturated heterocycles. The fourth-order valence-electron chi connectivity index (χ4n) is 2.78. The molecule has 0 spiro atoms. The third-order valence-corrected chi connectivity index (χ3v) is 7.48. The molecular weight excluding hydrogens is 392 g/mol. The summed E-state index contributed by atoms with van der Waals surface area (Å²) in [4.78, 5) is 14.7. The Morgan fingerprint density at radius 3 is 1.86 bits per heavy atom. The average molecular weight is 415 g/mol. The maximum atomic E-state index is 13.0. The summed E-state index contributed by atoms with van der Waals surface area (Å²) in [7, 11) is -2.22. The van der Waals surface area contributed by atoms with E-state index in [0.29, 0.717) is 13.1 Å². The van der Waals surface area contributed by atoms with Gasteiger partial charge in [-0.3, -0.25) is 4.79 Å². The molecular formula is C21H22N2O3S2. The molecule has 7 heteroatoms. The van der Waals surface area contributed by atoms with Crippen molar-refractivity contribution in [2.45, 2.75) is 17.3 Å². The molecule has 0 aliphatic heterocycles. The molecule has 0 aliphatic rings. The van der Waals surface area contributed by atoms with Gasteiger partial charge in [0.25, 0.3) is 10.0 Å². The van der Waals surface area contributed by atoms with Crippen LogP contribution in [0.5, 0.6) is 0 Å². The molecule has 1 amide bonds. The quantitative estimate of drug-likeness (QED) is 0.566. The number of carbonyl (C=O) groups is 1. The van der Waals surface area contributed by atoms with Crippen molar-refractivity contribution < 1.29 is 13.2 Å². The molecule has 3 aromatic rings. The number of benzene rings is 2. The van der Waals surface area contributed by atoms with Crippen molar-refractivity contribution >= 4 is 27.3 Å². The van der Waals surface area contributed by atoms with Gasteiger partial charge in [-0.25, -0.2) is 8.42 Å². The van der Waals surface area contributed by atoms with Crippen LogP contribution in [0.25, 0.3) is 0 Å². The maximum Gasteiger partial charge on any atom is 0.252 e. The minimum Gasteiger partial charge on any atom is -0.333 e. The minimum absolute atomic E-state index is 0.208. The standard InChI is InChI=1S/C21H22N2O3S2/c1-22(28(25,26)21-13-8-14-27-21)17-20(24)23(15-18-9-4-2-5-10-18)16-19-11-6-3-7-12-19/h2-14H,15-17H2,1H3. The van der Waals surface area contributed by atoms with Crippen LogP contribution in [0, 0.1) is 0 Å². The van der Waals surface area contributed by atoms with Gasteiger partial charge in [0.15, 0.2) is 0 Å². The number of hydrogen-bond acceptors (Lipinski definition) is 4. The normalized spacial score (nSPS) is 11.5. The molecule has 146 valence electrons. The Hall–Kier alpha value is -2.48. The predicted molar refractivity (Wildman–Crippen MR) is 111 cm³/mol. The SMILES string of the molecule is CN(CC(=O)N(Cc1ccccc1)Cc1ccccc1)S(=O)(=O)c1cccs1. The molecule has 2 aromatic carbocycles. The highest BCUT2D eigenvalue weighted by molar-refractivity contribution is 7.91. The second-order valence-electron chi connectivity index (χ2n) is 6.41. The highest BCUT2D eigenvalue weighted by atomic mass is 32.2. The highest BCUT2D eigenvalue weighted by Crippen LogP contribution is 2.20. The summed E-state index contributed by atoms with van der Waals surface area (Å²) in [6.45, 7) is 0.628. The molecule has 0 radical (unpaired) electrons. The van der Waals surface area contributed by atoms with E-state index in [2.05, 4.69) is 0 Å². The molecule has 1 heterocycles. The second-order valence-corrected chi connectivity index (χ2v) is 9.63. The first-order chi connectivity index (χ1) is 13.5. The molecule has 0 unspecified atom stereocenters. The van der Waals surface area contributed by atoms with Crippen LogP contribution in [0.15, 0.2) is 82.4 Å². The van der Waals surface area contributed by atoms with Gasteiger partial charge in [-0.1, -0.05) is 66.7 Å². The van der Waals surface area contributed by atoms with Gasteiger partial charge in [0.2, 0.25) is 5.91 Å². The van der Waals surface area contributed by atoms with Crippen molar-refractivity contribution in [1.29, 1.82) is 0 Å². The number of rotatable bonds is 8. The molecule has 0 atom stereocenters. The number of amides is 1. The Labute approximate surface area is 169 Å². The van der Waals surface area contributed by atoms with E-state index in [1.165, 1.54) is 7.05 Å². The lowest BCUT2D eigenvalue weighted by molar-refractivity contribution is -0.132. The van der Waals surface area contributed by atoms with Crippen LogP contribution in [0.1, 0.15) is 11.1 Å². The maximum absolute atomic E-state index is 13.0. The van der Waals surface area contributed by atoms with E-state index >= 15 is 0 Å². The number of hydrogen-bond donors (Lipinski definition) is 0. The zero-order valence-electron chi connectivity index (χ0n) is 15.6. The first kappa shape index (κ1) is 20.3. The molecule has 0 fully saturated rings. The molecule has 1 aromatic heterocycles. The van der Waals surface area contributed by atoms with Gasteiger partial charge in [-0.15, -0.1) is 11.3 Å². The summed E-state index contributed by atoms with van der Waals surface area (Å²) < 4.78 is 26.6. The van der Waals surface area contributed by atoms with Crippen molar-refractivity contribution in [2.75, 3.05) is 13.6 Å². The fourth-order valence-corrected chi connectivity index (χ4v) is 5.10. The molecule has 3 rings (SSSR count). The van der Waals surface area contributed by atoms with E-state index in [1.54, 1.807) is 22.4 Å².